The number of alkyl halides is 1. The minimum absolute atomic E-state index is 0.139. The quantitative estimate of drug-likeness (QED) is 0.636. The first-order valence-corrected chi connectivity index (χ1v) is 8.48. The Kier molecular flexibility index (Phi) is 4.20. The summed E-state index contributed by atoms with van der Waals surface area (Å²) in [5.74, 6) is 1.51. The topological polar surface area (TPSA) is 30.7 Å². The van der Waals surface area contributed by atoms with Gasteiger partial charge in [-0.3, -0.25) is 0 Å². The van der Waals surface area contributed by atoms with E-state index in [2.05, 4.69) is 27.5 Å². The second-order valence-corrected chi connectivity index (χ2v) is 7.07. The van der Waals surface area contributed by atoms with Crippen LogP contribution in [-0.4, -0.2) is 20.4 Å². The van der Waals surface area contributed by atoms with Gasteiger partial charge >= 0.3 is 0 Å². The molecular weight excluding hydrogens is 325 g/mol. The lowest BCUT2D eigenvalue weighted by molar-refractivity contribution is 0.628. The first-order valence-electron chi connectivity index (χ1n) is 6.76. The number of aromatic nitrogens is 3. The molecule has 0 aliphatic heterocycles. The maximum Gasteiger partial charge on any atom is 0.160 e. The van der Waals surface area contributed by atoms with E-state index in [0.717, 1.165) is 33.4 Å². The van der Waals surface area contributed by atoms with Gasteiger partial charge in [0.1, 0.15) is 11.3 Å². The normalized spacial score (nSPS) is 13.0. The highest BCUT2D eigenvalue weighted by Gasteiger charge is 2.19. The SMILES string of the molecule is Cc1ccc2nc(CCCl)n(C(C)c3ccc(Cl)s3)c2n1. The van der Waals surface area contributed by atoms with E-state index in [0.29, 0.717) is 5.88 Å². The molecule has 110 valence electrons. The van der Waals surface area contributed by atoms with E-state index in [-0.39, 0.29) is 6.04 Å². The highest BCUT2D eigenvalue weighted by atomic mass is 35.5. The number of halogens is 2. The van der Waals surface area contributed by atoms with Gasteiger partial charge in [-0.25, -0.2) is 9.97 Å². The smallest absolute Gasteiger partial charge is 0.160 e. The van der Waals surface area contributed by atoms with Gasteiger partial charge in [-0.1, -0.05) is 11.6 Å². The largest absolute Gasteiger partial charge is 0.304 e. The fraction of sp³-hybridized carbons (Fsp3) is 0.333. The van der Waals surface area contributed by atoms with Crippen LogP contribution in [-0.2, 0) is 6.42 Å². The summed E-state index contributed by atoms with van der Waals surface area (Å²) in [7, 11) is 0. The van der Waals surface area contributed by atoms with Crippen molar-refractivity contribution in [3.63, 3.8) is 0 Å². The molecule has 1 unspecified atom stereocenters. The van der Waals surface area contributed by atoms with E-state index < -0.39 is 0 Å². The molecule has 6 heteroatoms. The number of aryl methyl sites for hydroxylation is 2. The number of thiophene rings is 1. The van der Waals surface area contributed by atoms with Crippen LogP contribution < -0.4 is 0 Å². The van der Waals surface area contributed by atoms with Crippen molar-refractivity contribution < 1.29 is 0 Å². The average Bonchev–Trinajstić information content (AvgIpc) is 3.02. The molecule has 0 fully saturated rings. The first kappa shape index (κ1) is 14.8. The lowest BCUT2D eigenvalue weighted by Gasteiger charge is -2.15. The van der Waals surface area contributed by atoms with E-state index in [4.69, 9.17) is 23.2 Å². The van der Waals surface area contributed by atoms with Gasteiger partial charge in [-0.05, 0) is 38.1 Å². The second kappa shape index (κ2) is 5.95. The van der Waals surface area contributed by atoms with Crippen LogP contribution >= 0.6 is 34.5 Å². The van der Waals surface area contributed by atoms with Crippen LogP contribution in [0.25, 0.3) is 11.2 Å². The number of nitrogens with zero attached hydrogens (tertiary/aromatic N) is 3. The summed E-state index contributed by atoms with van der Waals surface area (Å²) in [6.07, 6.45) is 0.723. The van der Waals surface area contributed by atoms with Gasteiger partial charge in [0.25, 0.3) is 0 Å². The van der Waals surface area contributed by atoms with E-state index in [9.17, 15) is 0 Å². The lowest BCUT2D eigenvalue weighted by atomic mass is 10.2. The summed E-state index contributed by atoms with van der Waals surface area (Å²) < 4.78 is 2.97. The highest BCUT2D eigenvalue weighted by Crippen LogP contribution is 2.32. The molecule has 0 saturated heterocycles. The Morgan fingerprint density at radius 2 is 2.05 bits per heavy atom. The monoisotopic (exact) mass is 339 g/mol. The van der Waals surface area contributed by atoms with E-state index in [1.807, 2.05) is 25.1 Å². The Hall–Kier alpha value is -1.10. The van der Waals surface area contributed by atoms with E-state index in [1.165, 1.54) is 4.88 Å². The molecule has 0 aromatic carbocycles. The predicted molar refractivity (Wildman–Crippen MR) is 89.8 cm³/mol. The van der Waals surface area contributed by atoms with Gasteiger partial charge in [-0.2, -0.15) is 0 Å². The standard InChI is InChI=1S/C15H15Cl2N3S/c1-9-3-4-11-15(18-9)20(14(19-11)7-8-16)10(2)12-5-6-13(17)21-12/h3-6,10H,7-8H2,1-2H3. The molecular formula is C15H15Cl2N3S. The summed E-state index contributed by atoms with van der Waals surface area (Å²) in [6.45, 7) is 4.13. The molecule has 0 radical (unpaired) electrons. The van der Waals surface area contributed by atoms with Crippen LogP contribution in [0.4, 0.5) is 0 Å². The van der Waals surface area contributed by atoms with Gasteiger partial charge in [0, 0.05) is 22.9 Å². The Labute approximate surface area is 137 Å². The Balaban J connectivity index is 2.18. The fourth-order valence-electron chi connectivity index (χ4n) is 2.46. The van der Waals surface area contributed by atoms with Crippen molar-refractivity contribution in [1.82, 2.24) is 14.5 Å². The summed E-state index contributed by atoms with van der Waals surface area (Å²) in [5.41, 5.74) is 2.81. The molecule has 1 atom stereocenters. The van der Waals surface area contributed by atoms with Crippen LogP contribution in [0.15, 0.2) is 24.3 Å². The number of fused-ring (bicyclic) bond motifs is 1. The van der Waals surface area contributed by atoms with Gasteiger partial charge in [0.2, 0.25) is 0 Å². The third-order valence-electron chi connectivity index (χ3n) is 3.46. The number of hydrogen-bond acceptors (Lipinski definition) is 3. The van der Waals surface area contributed by atoms with Crippen LogP contribution in [0.2, 0.25) is 4.34 Å². The number of pyridine rings is 1. The van der Waals surface area contributed by atoms with Crippen molar-refractivity contribution in [2.24, 2.45) is 0 Å². The van der Waals surface area contributed by atoms with Crippen molar-refractivity contribution in [3.8, 4) is 0 Å². The van der Waals surface area contributed by atoms with E-state index in [1.54, 1.807) is 11.3 Å². The Bertz CT molecular complexity index is 778. The summed E-state index contributed by atoms with van der Waals surface area (Å²) in [4.78, 5) is 10.5. The van der Waals surface area contributed by atoms with E-state index >= 15 is 0 Å². The van der Waals surface area contributed by atoms with Gasteiger partial charge in [0.05, 0.1) is 10.4 Å². The average molecular weight is 340 g/mol. The first-order chi connectivity index (χ1) is 10.1. The molecule has 0 aliphatic carbocycles. The maximum atomic E-state index is 6.07. The zero-order valence-electron chi connectivity index (χ0n) is 11.8. The van der Waals surface area contributed by atoms with Gasteiger partial charge in [0.15, 0.2) is 5.65 Å². The summed E-state index contributed by atoms with van der Waals surface area (Å²) in [5, 5.41) is 0. The third kappa shape index (κ3) is 2.80. The zero-order valence-corrected chi connectivity index (χ0v) is 14.1. The zero-order chi connectivity index (χ0) is 15.0. The molecule has 0 bridgehead atoms. The molecule has 3 aromatic rings. The van der Waals surface area contributed by atoms with Crippen LogP contribution in [0.3, 0.4) is 0 Å². The van der Waals surface area contributed by atoms with Crippen LogP contribution in [0, 0.1) is 6.92 Å². The predicted octanol–water partition coefficient (Wildman–Crippen LogP) is 4.85. The molecule has 3 rings (SSSR count). The minimum atomic E-state index is 0.139. The second-order valence-electron chi connectivity index (χ2n) is 4.95. The fourth-order valence-corrected chi connectivity index (χ4v) is 3.74. The lowest BCUT2D eigenvalue weighted by Crippen LogP contribution is -2.11. The number of rotatable bonds is 4. The van der Waals surface area contributed by atoms with Crippen molar-refractivity contribution in [2.75, 3.05) is 5.88 Å². The molecule has 0 aliphatic rings. The highest BCUT2D eigenvalue weighted by molar-refractivity contribution is 7.16. The summed E-state index contributed by atoms with van der Waals surface area (Å²) in [6, 6.07) is 8.12. The minimum Gasteiger partial charge on any atom is -0.304 e. The third-order valence-corrected chi connectivity index (χ3v) is 5.05. The van der Waals surface area contributed by atoms with Crippen molar-refractivity contribution >= 4 is 45.7 Å². The molecule has 21 heavy (non-hydrogen) atoms. The van der Waals surface area contributed by atoms with Gasteiger partial charge in [-0.15, -0.1) is 22.9 Å². The van der Waals surface area contributed by atoms with Crippen LogP contribution in [0.5, 0.6) is 0 Å². The maximum absolute atomic E-state index is 6.07. The Morgan fingerprint density at radius 1 is 1.24 bits per heavy atom. The molecule has 0 N–H and O–H groups in total. The van der Waals surface area contributed by atoms with Crippen molar-refractivity contribution in [3.05, 3.63) is 45.0 Å². The molecule has 0 saturated carbocycles. The Morgan fingerprint density at radius 3 is 2.71 bits per heavy atom. The van der Waals surface area contributed by atoms with Crippen LogP contribution in [0.1, 0.15) is 29.4 Å². The molecule has 3 heterocycles. The molecule has 3 aromatic heterocycles. The molecule has 0 spiro atoms. The van der Waals surface area contributed by atoms with Crippen molar-refractivity contribution in [2.45, 2.75) is 26.3 Å². The molecule has 3 nitrogen and oxygen atoms in total. The number of imidazole rings is 1. The molecule has 0 amide bonds. The van der Waals surface area contributed by atoms with Gasteiger partial charge < -0.3 is 4.57 Å². The number of hydrogen-bond donors (Lipinski definition) is 0. The van der Waals surface area contributed by atoms with Crippen molar-refractivity contribution in [1.29, 1.82) is 0 Å². The summed E-state index contributed by atoms with van der Waals surface area (Å²) >= 11 is 13.6.